The van der Waals surface area contributed by atoms with E-state index in [0.29, 0.717) is 23.0 Å². The number of benzene rings is 3. The topological polar surface area (TPSA) is 44.8 Å². The summed E-state index contributed by atoms with van der Waals surface area (Å²) in [6, 6.07) is 27.9. The zero-order valence-electron chi connectivity index (χ0n) is 18.7. The minimum Gasteiger partial charge on any atom is -0.493 e. The summed E-state index contributed by atoms with van der Waals surface area (Å²) in [5.74, 6) is 0.472. The number of carbonyl (C=O) groups is 1. The first-order chi connectivity index (χ1) is 16.2. The molecule has 1 aliphatic rings. The molecule has 33 heavy (non-hydrogen) atoms. The van der Waals surface area contributed by atoms with E-state index in [1.165, 1.54) is 11.1 Å². The SMILES string of the molecule is O=C(NC(=S)N1CCN(Cc2ccccc2)CC1)c1cccc(OCCc2ccccc2)c1. The van der Waals surface area contributed by atoms with Crippen LogP contribution in [0.3, 0.4) is 0 Å². The van der Waals surface area contributed by atoms with Gasteiger partial charge < -0.3 is 9.64 Å². The highest BCUT2D eigenvalue weighted by atomic mass is 32.1. The van der Waals surface area contributed by atoms with Crippen LogP contribution in [-0.2, 0) is 13.0 Å². The summed E-state index contributed by atoms with van der Waals surface area (Å²) in [7, 11) is 0. The van der Waals surface area contributed by atoms with Gasteiger partial charge in [0.05, 0.1) is 6.61 Å². The van der Waals surface area contributed by atoms with Gasteiger partial charge in [-0.25, -0.2) is 0 Å². The van der Waals surface area contributed by atoms with Gasteiger partial charge in [0.1, 0.15) is 5.75 Å². The summed E-state index contributed by atoms with van der Waals surface area (Å²) in [4.78, 5) is 17.2. The van der Waals surface area contributed by atoms with Crippen LogP contribution in [0.1, 0.15) is 21.5 Å². The van der Waals surface area contributed by atoms with Crippen molar-refractivity contribution in [2.75, 3.05) is 32.8 Å². The monoisotopic (exact) mass is 459 g/mol. The minimum absolute atomic E-state index is 0.208. The molecule has 0 bridgehead atoms. The van der Waals surface area contributed by atoms with Crippen molar-refractivity contribution in [3.8, 4) is 5.75 Å². The van der Waals surface area contributed by atoms with Gasteiger partial charge in [-0.15, -0.1) is 0 Å². The molecule has 0 saturated carbocycles. The molecule has 1 heterocycles. The number of hydrogen-bond donors (Lipinski definition) is 1. The first-order valence-electron chi connectivity index (χ1n) is 11.3. The van der Waals surface area contributed by atoms with Crippen molar-refractivity contribution in [1.29, 1.82) is 0 Å². The number of nitrogens with one attached hydrogen (secondary N) is 1. The maximum atomic E-state index is 12.8. The molecule has 0 unspecified atom stereocenters. The first kappa shape index (κ1) is 23.0. The van der Waals surface area contributed by atoms with Crippen LogP contribution in [0.15, 0.2) is 84.9 Å². The van der Waals surface area contributed by atoms with Crippen LogP contribution in [0.25, 0.3) is 0 Å². The lowest BCUT2D eigenvalue weighted by atomic mass is 10.2. The summed E-state index contributed by atoms with van der Waals surface area (Å²) in [6.45, 7) is 4.92. The molecular weight excluding hydrogens is 430 g/mol. The fourth-order valence-corrected chi connectivity index (χ4v) is 4.13. The van der Waals surface area contributed by atoms with E-state index in [-0.39, 0.29) is 5.91 Å². The highest BCUT2D eigenvalue weighted by Crippen LogP contribution is 2.15. The molecule has 1 saturated heterocycles. The van der Waals surface area contributed by atoms with Gasteiger partial charge in [0.2, 0.25) is 0 Å². The molecule has 3 aromatic rings. The second kappa shape index (κ2) is 11.6. The molecule has 1 amide bonds. The molecule has 0 spiro atoms. The number of piperazine rings is 1. The molecular formula is C27H29N3O2S. The quantitative estimate of drug-likeness (QED) is 0.538. The van der Waals surface area contributed by atoms with E-state index >= 15 is 0 Å². The highest BCUT2D eigenvalue weighted by Gasteiger charge is 2.20. The van der Waals surface area contributed by atoms with Crippen molar-refractivity contribution < 1.29 is 9.53 Å². The van der Waals surface area contributed by atoms with Crippen LogP contribution < -0.4 is 10.1 Å². The Hall–Kier alpha value is -3.22. The molecule has 5 nitrogen and oxygen atoms in total. The van der Waals surface area contributed by atoms with E-state index in [9.17, 15) is 4.79 Å². The maximum absolute atomic E-state index is 12.8. The van der Waals surface area contributed by atoms with Crippen molar-refractivity contribution in [3.05, 3.63) is 102 Å². The fraction of sp³-hybridized carbons (Fsp3) is 0.259. The third-order valence-electron chi connectivity index (χ3n) is 5.73. The Bertz CT molecular complexity index is 1050. The molecule has 1 aliphatic heterocycles. The molecule has 0 radical (unpaired) electrons. The summed E-state index contributed by atoms with van der Waals surface area (Å²) in [5, 5.41) is 3.37. The smallest absolute Gasteiger partial charge is 0.257 e. The lowest BCUT2D eigenvalue weighted by Crippen LogP contribution is -2.52. The van der Waals surface area contributed by atoms with Crippen LogP contribution in [0, 0.1) is 0 Å². The lowest BCUT2D eigenvalue weighted by molar-refractivity contribution is 0.0968. The van der Waals surface area contributed by atoms with Gasteiger partial charge in [0.25, 0.3) is 5.91 Å². The molecule has 0 atom stereocenters. The van der Waals surface area contributed by atoms with E-state index in [2.05, 4.69) is 51.5 Å². The predicted octanol–water partition coefficient (Wildman–Crippen LogP) is 4.14. The molecule has 0 aliphatic carbocycles. The van der Waals surface area contributed by atoms with E-state index in [1.807, 2.05) is 36.4 Å². The van der Waals surface area contributed by atoms with Gasteiger partial charge in [0.15, 0.2) is 5.11 Å². The van der Waals surface area contributed by atoms with Crippen molar-refractivity contribution in [2.45, 2.75) is 13.0 Å². The fourth-order valence-electron chi connectivity index (χ4n) is 3.86. The number of carbonyl (C=O) groups excluding carboxylic acids is 1. The normalized spacial score (nSPS) is 14.0. The van der Waals surface area contributed by atoms with Crippen LogP contribution >= 0.6 is 12.2 Å². The molecule has 170 valence electrons. The number of rotatable bonds is 7. The number of amides is 1. The summed E-state index contributed by atoms with van der Waals surface area (Å²) >= 11 is 5.52. The third kappa shape index (κ3) is 6.88. The lowest BCUT2D eigenvalue weighted by Gasteiger charge is -2.36. The van der Waals surface area contributed by atoms with Crippen molar-refractivity contribution in [1.82, 2.24) is 15.1 Å². The van der Waals surface area contributed by atoms with Gasteiger partial charge in [0, 0.05) is 44.7 Å². The summed E-state index contributed by atoms with van der Waals surface area (Å²) in [6.07, 6.45) is 0.817. The average Bonchev–Trinajstić information content (AvgIpc) is 2.86. The van der Waals surface area contributed by atoms with Gasteiger partial charge in [-0.2, -0.15) is 0 Å². The Kier molecular flexibility index (Phi) is 8.06. The summed E-state index contributed by atoms with van der Waals surface area (Å²) < 4.78 is 5.85. The minimum atomic E-state index is -0.208. The van der Waals surface area contributed by atoms with E-state index in [4.69, 9.17) is 17.0 Å². The number of hydrogen-bond acceptors (Lipinski definition) is 4. The van der Waals surface area contributed by atoms with Crippen molar-refractivity contribution in [2.24, 2.45) is 0 Å². The largest absolute Gasteiger partial charge is 0.493 e. The van der Waals surface area contributed by atoms with Crippen LogP contribution in [0.5, 0.6) is 5.75 Å². The van der Waals surface area contributed by atoms with Crippen molar-refractivity contribution in [3.63, 3.8) is 0 Å². The van der Waals surface area contributed by atoms with E-state index < -0.39 is 0 Å². The van der Waals surface area contributed by atoms with Gasteiger partial charge in [-0.05, 0) is 41.5 Å². The number of thiocarbonyl (C=S) groups is 1. The Balaban J connectivity index is 1.23. The van der Waals surface area contributed by atoms with Crippen LogP contribution in [0.4, 0.5) is 0 Å². The third-order valence-corrected chi connectivity index (χ3v) is 6.09. The molecule has 1 N–H and O–H groups in total. The summed E-state index contributed by atoms with van der Waals surface area (Å²) in [5.41, 5.74) is 3.07. The number of ether oxygens (including phenoxy) is 1. The Labute approximate surface area is 201 Å². The highest BCUT2D eigenvalue weighted by molar-refractivity contribution is 7.80. The molecule has 3 aromatic carbocycles. The van der Waals surface area contributed by atoms with Crippen LogP contribution in [-0.4, -0.2) is 53.6 Å². The Morgan fingerprint density at radius 3 is 2.21 bits per heavy atom. The molecule has 1 fully saturated rings. The van der Waals surface area contributed by atoms with Gasteiger partial charge in [-0.1, -0.05) is 66.7 Å². The second-order valence-electron chi connectivity index (χ2n) is 8.12. The predicted molar refractivity (Wildman–Crippen MR) is 135 cm³/mol. The molecule has 0 aromatic heterocycles. The first-order valence-corrected chi connectivity index (χ1v) is 11.7. The average molecular weight is 460 g/mol. The maximum Gasteiger partial charge on any atom is 0.257 e. The molecule has 6 heteroatoms. The van der Waals surface area contributed by atoms with Crippen LogP contribution in [0.2, 0.25) is 0 Å². The second-order valence-corrected chi connectivity index (χ2v) is 8.51. The standard InChI is InChI=1S/C27H29N3O2S/c31-26(24-12-7-13-25(20-24)32-19-14-22-8-3-1-4-9-22)28-27(33)30-17-15-29(16-18-30)21-23-10-5-2-6-11-23/h1-13,20H,14-19,21H2,(H,28,31,33). The van der Waals surface area contributed by atoms with E-state index in [0.717, 1.165) is 39.1 Å². The van der Waals surface area contributed by atoms with E-state index in [1.54, 1.807) is 12.1 Å². The Morgan fingerprint density at radius 2 is 1.52 bits per heavy atom. The van der Waals surface area contributed by atoms with Gasteiger partial charge in [-0.3, -0.25) is 15.0 Å². The zero-order valence-corrected chi connectivity index (χ0v) is 19.5. The number of nitrogens with zero attached hydrogens (tertiary/aromatic N) is 2. The zero-order chi connectivity index (χ0) is 22.9. The molecule has 4 rings (SSSR count). The van der Waals surface area contributed by atoms with Crippen molar-refractivity contribution >= 4 is 23.2 Å². The van der Waals surface area contributed by atoms with Gasteiger partial charge >= 0.3 is 0 Å². The Morgan fingerprint density at radius 1 is 0.848 bits per heavy atom.